The van der Waals surface area contributed by atoms with E-state index in [1.165, 1.54) is 0 Å². The maximum atomic E-state index is 12.1. The fraction of sp³-hybridized carbons (Fsp3) is 0.0625. The summed E-state index contributed by atoms with van der Waals surface area (Å²) in [6.07, 6.45) is 1.86. The highest BCUT2D eigenvalue weighted by atomic mass is 35.5. The SMILES string of the molecule is Nc1cccc2c1ccn2CC(=O)Nc1ccc(Cl)cc1. The Balaban J connectivity index is 1.77. The number of rotatable bonds is 3. The number of amides is 1. The summed E-state index contributed by atoms with van der Waals surface area (Å²) in [4.78, 5) is 12.1. The van der Waals surface area contributed by atoms with Crippen LogP contribution in [0.1, 0.15) is 0 Å². The molecule has 1 heterocycles. The van der Waals surface area contributed by atoms with Gasteiger partial charge in [-0.3, -0.25) is 4.79 Å². The van der Waals surface area contributed by atoms with E-state index < -0.39 is 0 Å². The largest absolute Gasteiger partial charge is 0.398 e. The predicted octanol–water partition coefficient (Wildman–Crippen LogP) is 3.52. The molecular weight excluding hydrogens is 286 g/mol. The molecule has 3 rings (SSSR count). The van der Waals surface area contributed by atoms with Crippen molar-refractivity contribution in [1.29, 1.82) is 0 Å². The van der Waals surface area contributed by atoms with Crippen molar-refractivity contribution in [3.8, 4) is 0 Å². The Labute approximate surface area is 127 Å². The Kier molecular flexibility index (Phi) is 3.54. The molecular formula is C16H14ClN3O. The molecule has 106 valence electrons. The van der Waals surface area contributed by atoms with E-state index in [4.69, 9.17) is 17.3 Å². The maximum Gasteiger partial charge on any atom is 0.244 e. The first-order valence-electron chi connectivity index (χ1n) is 6.52. The van der Waals surface area contributed by atoms with Crippen molar-refractivity contribution in [3.63, 3.8) is 0 Å². The summed E-state index contributed by atoms with van der Waals surface area (Å²) < 4.78 is 1.87. The number of benzene rings is 2. The van der Waals surface area contributed by atoms with Crippen molar-refractivity contribution in [1.82, 2.24) is 4.57 Å². The Bertz CT molecular complexity index is 793. The van der Waals surface area contributed by atoms with Crippen molar-refractivity contribution in [2.75, 3.05) is 11.1 Å². The van der Waals surface area contributed by atoms with Crippen molar-refractivity contribution >= 4 is 39.8 Å². The summed E-state index contributed by atoms with van der Waals surface area (Å²) in [7, 11) is 0. The molecule has 1 aromatic heterocycles. The lowest BCUT2D eigenvalue weighted by Gasteiger charge is -2.08. The smallest absolute Gasteiger partial charge is 0.244 e. The zero-order valence-corrected chi connectivity index (χ0v) is 12.0. The molecule has 21 heavy (non-hydrogen) atoms. The van der Waals surface area contributed by atoms with Gasteiger partial charge in [-0.05, 0) is 42.5 Å². The van der Waals surface area contributed by atoms with E-state index in [1.807, 2.05) is 35.0 Å². The average Bonchev–Trinajstić information content (AvgIpc) is 2.86. The van der Waals surface area contributed by atoms with Crippen LogP contribution in [0.25, 0.3) is 10.9 Å². The van der Waals surface area contributed by atoms with E-state index in [0.717, 1.165) is 16.6 Å². The number of aromatic nitrogens is 1. The van der Waals surface area contributed by atoms with Gasteiger partial charge in [0.05, 0.1) is 5.52 Å². The van der Waals surface area contributed by atoms with Gasteiger partial charge < -0.3 is 15.6 Å². The number of halogens is 1. The third-order valence-electron chi connectivity index (χ3n) is 3.29. The number of carbonyl (C=O) groups excluding carboxylic acids is 1. The maximum absolute atomic E-state index is 12.1. The van der Waals surface area contributed by atoms with Crippen LogP contribution in [0.15, 0.2) is 54.7 Å². The molecule has 5 heteroatoms. The molecule has 1 amide bonds. The Morgan fingerprint density at radius 2 is 1.90 bits per heavy atom. The zero-order valence-electron chi connectivity index (χ0n) is 11.2. The van der Waals surface area contributed by atoms with Gasteiger partial charge in [0.2, 0.25) is 5.91 Å². The number of hydrogen-bond acceptors (Lipinski definition) is 2. The minimum absolute atomic E-state index is 0.0998. The van der Waals surface area contributed by atoms with Crippen molar-refractivity contribution < 1.29 is 4.79 Å². The highest BCUT2D eigenvalue weighted by Gasteiger charge is 2.08. The molecule has 0 radical (unpaired) electrons. The van der Waals surface area contributed by atoms with Gasteiger partial charge in [0.25, 0.3) is 0 Å². The minimum Gasteiger partial charge on any atom is -0.398 e. The number of carbonyl (C=O) groups is 1. The van der Waals surface area contributed by atoms with Gasteiger partial charge in [-0.25, -0.2) is 0 Å². The number of fused-ring (bicyclic) bond motifs is 1. The van der Waals surface area contributed by atoms with Gasteiger partial charge in [0, 0.05) is 28.0 Å². The highest BCUT2D eigenvalue weighted by Crippen LogP contribution is 2.22. The molecule has 0 saturated carbocycles. The first-order valence-corrected chi connectivity index (χ1v) is 6.90. The van der Waals surface area contributed by atoms with E-state index in [1.54, 1.807) is 24.3 Å². The lowest BCUT2D eigenvalue weighted by Crippen LogP contribution is -2.18. The zero-order chi connectivity index (χ0) is 14.8. The van der Waals surface area contributed by atoms with Gasteiger partial charge >= 0.3 is 0 Å². The van der Waals surface area contributed by atoms with E-state index >= 15 is 0 Å². The molecule has 0 aliphatic rings. The first kappa shape index (κ1) is 13.5. The third-order valence-corrected chi connectivity index (χ3v) is 3.54. The van der Waals surface area contributed by atoms with Crippen LogP contribution in [0.4, 0.5) is 11.4 Å². The van der Waals surface area contributed by atoms with Crippen LogP contribution in [-0.4, -0.2) is 10.5 Å². The standard InChI is InChI=1S/C16H14ClN3O/c17-11-4-6-12(7-5-11)19-16(21)10-20-9-8-13-14(18)2-1-3-15(13)20/h1-9H,10,18H2,(H,19,21). The van der Waals surface area contributed by atoms with Crippen LogP contribution in [0, 0.1) is 0 Å². The number of nitrogen functional groups attached to an aromatic ring is 1. The third kappa shape index (κ3) is 2.85. The number of nitrogens with two attached hydrogens (primary N) is 1. The quantitative estimate of drug-likeness (QED) is 0.727. The van der Waals surface area contributed by atoms with Gasteiger partial charge in [-0.15, -0.1) is 0 Å². The molecule has 0 fully saturated rings. The molecule has 0 saturated heterocycles. The predicted molar refractivity (Wildman–Crippen MR) is 86.4 cm³/mol. The Hall–Kier alpha value is -2.46. The topological polar surface area (TPSA) is 60.0 Å². The number of nitrogens with zero attached hydrogens (tertiary/aromatic N) is 1. The number of nitrogens with one attached hydrogen (secondary N) is 1. The monoisotopic (exact) mass is 299 g/mol. The van der Waals surface area contributed by atoms with Gasteiger partial charge in [0.15, 0.2) is 0 Å². The van der Waals surface area contributed by atoms with E-state index in [-0.39, 0.29) is 12.5 Å². The van der Waals surface area contributed by atoms with Crippen molar-refractivity contribution in [2.45, 2.75) is 6.54 Å². The number of anilines is 2. The van der Waals surface area contributed by atoms with E-state index in [2.05, 4.69) is 5.32 Å². The van der Waals surface area contributed by atoms with Crippen molar-refractivity contribution in [3.05, 3.63) is 59.8 Å². The Morgan fingerprint density at radius 1 is 1.14 bits per heavy atom. The highest BCUT2D eigenvalue weighted by molar-refractivity contribution is 6.30. The summed E-state index contributed by atoms with van der Waals surface area (Å²) in [6.45, 7) is 0.232. The van der Waals surface area contributed by atoms with E-state index in [9.17, 15) is 4.79 Å². The van der Waals surface area contributed by atoms with Crippen LogP contribution in [0.3, 0.4) is 0 Å². The van der Waals surface area contributed by atoms with Gasteiger partial charge in [-0.1, -0.05) is 17.7 Å². The first-order chi connectivity index (χ1) is 10.1. The summed E-state index contributed by atoms with van der Waals surface area (Å²) in [5, 5.41) is 4.43. The second-order valence-electron chi connectivity index (χ2n) is 4.78. The molecule has 0 unspecified atom stereocenters. The average molecular weight is 300 g/mol. The summed E-state index contributed by atoms with van der Waals surface area (Å²) in [5.41, 5.74) is 8.29. The second kappa shape index (κ2) is 5.50. The lowest BCUT2D eigenvalue weighted by molar-refractivity contribution is -0.116. The van der Waals surface area contributed by atoms with E-state index in [0.29, 0.717) is 10.7 Å². The van der Waals surface area contributed by atoms with Crippen molar-refractivity contribution in [2.24, 2.45) is 0 Å². The molecule has 0 spiro atoms. The molecule has 4 nitrogen and oxygen atoms in total. The number of hydrogen-bond donors (Lipinski definition) is 2. The molecule has 3 N–H and O–H groups in total. The molecule has 2 aromatic carbocycles. The molecule has 0 atom stereocenters. The normalized spacial score (nSPS) is 10.7. The molecule has 0 aliphatic heterocycles. The summed E-state index contributed by atoms with van der Waals surface area (Å²) in [6, 6.07) is 14.6. The Morgan fingerprint density at radius 3 is 2.67 bits per heavy atom. The fourth-order valence-corrected chi connectivity index (χ4v) is 2.40. The van der Waals surface area contributed by atoms with Crippen LogP contribution < -0.4 is 11.1 Å². The van der Waals surface area contributed by atoms with Crippen LogP contribution in [-0.2, 0) is 11.3 Å². The molecule has 0 bridgehead atoms. The fourth-order valence-electron chi connectivity index (χ4n) is 2.27. The lowest BCUT2D eigenvalue weighted by atomic mass is 10.2. The minimum atomic E-state index is -0.0998. The van der Waals surface area contributed by atoms with Crippen LogP contribution in [0.2, 0.25) is 5.02 Å². The van der Waals surface area contributed by atoms with Gasteiger partial charge in [0.1, 0.15) is 6.54 Å². The molecule has 0 aliphatic carbocycles. The van der Waals surface area contributed by atoms with Crippen LogP contribution >= 0.6 is 11.6 Å². The van der Waals surface area contributed by atoms with Crippen LogP contribution in [0.5, 0.6) is 0 Å². The summed E-state index contributed by atoms with van der Waals surface area (Å²) >= 11 is 5.81. The summed E-state index contributed by atoms with van der Waals surface area (Å²) in [5.74, 6) is -0.0998. The molecule has 3 aromatic rings. The second-order valence-corrected chi connectivity index (χ2v) is 5.22. The van der Waals surface area contributed by atoms with Gasteiger partial charge in [-0.2, -0.15) is 0 Å².